The SMILES string of the molecule is CCOc1ccc2nc(N(CCN(C)C)C(=O)/C=C/c3ccccc3Cl)sc2c1. The Hall–Kier alpha value is -2.41. The van der Waals surface area contributed by atoms with Gasteiger partial charge in [-0.25, -0.2) is 4.98 Å². The van der Waals surface area contributed by atoms with Crippen LogP contribution in [0.2, 0.25) is 5.02 Å². The second-order valence-corrected chi connectivity index (χ2v) is 8.12. The van der Waals surface area contributed by atoms with Gasteiger partial charge in [0.2, 0.25) is 0 Å². The quantitative estimate of drug-likeness (QED) is 0.475. The van der Waals surface area contributed by atoms with Crippen LogP contribution >= 0.6 is 22.9 Å². The number of anilines is 1. The monoisotopic (exact) mass is 429 g/mol. The van der Waals surface area contributed by atoms with Gasteiger partial charge in [0, 0.05) is 24.2 Å². The van der Waals surface area contributed by atoms with E-state index in [-0.39, 0.29) is 5.91 Å². The Morgan fingerprint density at radius 3 is 2.72 bits per heavy atom. The van der Waals surface area contributed by atoms with Crippen LogP contribution in [0.25, 0.3) is 16.3 Å². The minimum absolute atomic E-state index is 0.129. The maximum absolute atomic E-state index is 13.0. The second kappa shape index (κ2) is 9.87. The van der Waals surface area contributed by atoms with Crippen LogP contribution in [0.1, 0.15) is 12.5 Å². The second-order valence-electron chi connectivity index (χ2n) is 6.71. The molecule has 0 aliphatic heterocycles. The molecule has 1 heterocycles. The van der Waals surface area contributed by atoms with Crippen molar-refractivity contribution in [1.82, 2.24) is 9.88 Å². The molecule has 29 heavy (non-hydrogen) atoms. The summed E-state index contributed by atoms with van der Waals surface area (Å²) < 4.78 is 6.57. The van der Waals surface area contributed by atoms with Gasteiger partial charge in [0.1, 0.15) is 5.75 Å². The van der Waals surface area contributed by atoms with Gasteiger partial charge in [0.05, 0.1) is 16.8 Å². The summed E-state index contributed by atoms with van der Waals surface area (Å²) in [5.41, 5.74) is 1.66. The average Bonchev–Trinajstić information content (AvgIpc) is 3.10. The maximum Gasteiger partial charge on any atom is 0.252 e. The fraction of sp³-hybridized carbons (Fsp3) is 0.273. The lowest BCUT2D eigenvalue weighted by atomic mass is 10.2. The third kappa shape index (κ3) is 5.56. The number of amides is 1. The smallest absolute Gasteiger partial charge is 0.252 e. The van der Waals surface area contributed by atoms with Gasteiger partial charge in [-0.15, -0.1) is 0 Å². The predicted molar refractivity (Wildman–Crippen MR) is 122 cm³/mol. The number of carbonyl (C=O) groups is 1. The Kier molecular flexibility index (Phi) is 7.25. The number of rotatable bonds is 8. The van der Waals surface area contributed by atoms with Gasteiger partial charge in [-0.2, -0.15) is 0 Å². The fourth-order valence-electron chi connectivity index (χ4n) is 2.73. The lowest BCUT2D eigenvalue weighted by Crippen LogP contribution is -2.35. The first-order chi connectivity index (χ1) is 14.0. The number of hydrogen-bond acceptors (Lipinski definition) is 5. The molecule has 0 aliphatic rings. The van der Waals surface area contributed by atoms with E-state index in [1.807, 2.05) is 62.3 Å². The Bertz CT molecular complexity index is 1020. The molecule has 0 unspecified atom stereocenters. The molecule has 0 N–H and O–H groups in total. The van der Waals surface area contributed by atoms with Gasteiger partial charge in [-0.1, -0.05) is 41.1 Å². The van der Waals surface area contributed by atoms with Crippen molar-refractivity contribution in [3.63, 3.8) is 0 Å². The number of hydrogen-bond donors (Lipinski definition) is 0. The van der Waals surface area contributed by atoms with Crippen LogP contribution in [-0.2, 0) is 4.79 Å². The van der Waals surface area contributed by atoms with Crippen LogP contribution in [0.5, 0.6) is 5.75 Å². The minimum atomic E-state index is -0.129. The zero-order valence-electron chi connectivity index (χ0n) is 16.8. The molecule has 152 valence electrons. The lowest BCUT2D eigenvalue weighted by molar-refractivity contribution is -0.114. The molecule has 7 heteroatoms. The normalized spacial score (nSPS) is 11.5. The highest BCUT2D eigenvalue weighted by Gasteiger charge is 2.18. The molecule has 0 fully saturated rings. The van der Waals surface area contributed by atoms with E-state index < -0.39 is 0 Å². The molecule has 2 aromatic carbocycles. The van der Waals surface area contributed by atoms with Crippen LogP contribution < -0.4 is 9.64 Å². The summed E-state index contributed by atoms with van der Waals surface area (Å²) in [6.07, 6.45) is 3.29. The number of carbonyl (C=O) groups excluding carboxylic acids is 1. The number of likely N-dealkylation sites (N-methyl/N-ethyl adjacent to an activating group) is 1. The summed E-state index contributed by atoms with van der Waals surface area (Å²) in [5, 5.41) is 1.28. The zero-order valence-corrected chi connectivity index (χ0v) is 18.3. The van der Waals surface area contributed by atoms with Crippen LogP contribution in [-0.4, -0.2) is 49.6 Å². The van der Waals surface area contributed by atoms with Crippen molar-refractivity contribution in [3.8, 4) is 5.75 Å². The first-order valence-corrected chi connectivity index (χ1v) is 10.6. The predicted octanol–water partition coefficient (Wildman–Crippen LogP) is 4.96. The molecular weight excluding hydrogens is 406 g/mol. The van der Waals surface area contributed by atoms with Crippen LogP contribution in [0.4, 0.5) is 5.13 Å². The highest BCUT2D eigenvalue weighted by Crippen LogP contribution is 2.32. The number of benzene rings is 2. The van der Waals surface area contributed by atoms with E-state index in [4.69, 9.17) is 16.3 Å². The first kappa shape index (κ1) is 21.3. The molecule has 3 rings (SSSR count). The zero-order chi connectivity index (χ0) is 20.8. The Morgan fingerprint density at radius 1 is 1.21 bits per heavy atom. The Labute approximate surface area is 180 Å². The van der Waals surface area contributed by atoms with Crippen LogP contribution in [0.15, 0.2) is 48.5 Å². The Morgan fingerprint density at radius 2 is 2.00 bits per heavy atom. The van der Waals surface area contributed by atoms with Gasteiger partial charge < -0.3 is 9.64 Å². The van der Waals surface area contributed by atoms with Crippen molar-refractivity contribution in [2.45, 2.75) is 6.92 Å². The summed E-state index contributed by atoms with van der Waals surface area (Å²) in [6, 6.07) is 13.2. The Balaban J connectivity index is 1.89. The molecule has 0 radical (unpaired) electrons. The number of aromatic nitrogens is 1. The highest BCUT2D eigenvalue weighted by molar-refractivity contribution is 7.22. The molecule has 0 saturated carbocycles. The van der Waals surface area contributed by atoms with Crippen LogP contribution in [0.3, 0.4) is 0 Å². The van der Waals surface area contributed by atoms with Crippen molar-refractivity contribution in [2.24, 2.45) is 0 Å². The fourth-order valence-corrected chi connectivity index (χ4v) is 3.95. The summed E-state index contributed by atoms with van der Waals surface area (Å²) in [5.74, 6) is 0.677. The average molecular weight is 430 g/mol. The van der Waals surface area contributed by atoms with Crippen molar-refractivity contribution in [1.29, 1.82) is 0 Å². The minimum Gasteiger partial charge on any atom is -0.494 e. The van der Waals surface area contributed by atoms with Gasteiger partial charge in [0.15, 0.2) is 5.13 Å². The molecule has 5 nitrogen and oxygen atoms in total. The molecule has 0 bridgehead atoms. The van der Waals surface area contributed by atoms with E-state index in [1.165, 1.54) is 11.3 Å². The van der Waals surface area contributed by atoms with E-state index in [1.54, 1.807) is 23.1 Å². The van der Waals surface area contributed by atoms with Gasteiger partial charge >= 0.3 is 0 Å². The van der Waals surface area contributed by atoms with Crippen molar-refractivity contribution < 1.29 is 9.53 Å². The molecule has 0 saturated heterocycles. The maximum atomic E-state index is 13.0. The standard InChI is InChI=1S/C22H24ClN3O2S/c1-4-28-17-10-11-19-20(15-17)29-22(24-19)26(14-13-25(2)3)21(27)12-9-16-7-5-6-8-18(16)23/h5-12,15H,4,13-14H2,1-3H3/b12-9+. The third-order valence-corrected chi connectivity index (χ3v) is 5.62. The number of ether oxygens (including phenoxy) is 1. The molecule has 1 aromatic heterocycles. The van der Waals surface area contributed by atoms with Crippen LogP contribution in [0, 0.1) is 0 Å². The van der Waals surface area contributed by atoms with Gasteiger partial charge in [0.25, 0.3) is 5.91 Å². The van der Waals surface area contributed by atoms with E-state index >= 15 is 0 Å². The van der Waals surface area contributed by atoms with Crippen molar-refractivity contribution in [2.75, 3.05) is 38.7 Å². The van der Waals surface area contributed by atoms with E-state index in [9.17, 15) is 4.79 Å². The van der Waals surface area contributed by atoms with E-state index in [2.05, 4.69) is 4.98 Å². The largest absolute Gasteiger partial charge is 0.494 e. The lowest BCUT2D eigenvalue weighted by Gasteiger charge is -2.20. The molecule has 3 aromatic rings. The summed E-state index contributed by atoms with van der Waals surface area (Å²) in [4.78, 5) is 21.4. The molecule has 1 amide bonds. The molecule has 0 atom stereocenters. The van der Waals surface area contributed by atoms with Crippen molar-refractivity contribution >= 4 is 50.3 Å². The highest BCUT2D eigenvalue weighted by atomic mass is 35.5. The van der Waals surface area contributed by atoms with Crippen molar-refractivity contribution in [3.05, 3.63) is 59.1 Å². The summed E-state index contributed by atoms with van der Waals surface area (Å²) >= 11 is 7.68. The number of thiazole rings is 1. The summed E-state index contributed by atoms with van der Waals surface area (Å²) in [7, 11) is 3.96. The number of nitrogens with zero attached hydrogens (tertiary/aromatic N) is 3. The third-order valence-electron chi connectivity index (χ3n) is 4.24. The molecular formula is C22H24ClN3O2S. The number of fused-ring (bicyclic) bond motifs is 1. The van der Waals surface area contributed by atoms with Gasteiger partial charge in [-0.3, -0.25) is 9.69 Å². The first-order valence-electron chi connectivity index (χ1n) is 9.40. The molecule has 0 aliphatic carbocycles. The topological polar surface area (TPSA) is 45.7 Å². The molecule has 0 spiro atoms. The van der Waals surface area contributed by atoms with E-state index in [0.717, 1.165) is 28.1 Å². The summed E-state index contributed by atoms with van der Waals surface area (Å²) in [6.45, 7) is 3.83. The van der Waals surface area contributed by atoms with Gasteiger partial charge in [-0.05, 0) is 56.9 Å². The number of halogens is 1. The van der Waals surface area contributed by atoms with E-state index in [0.29, 0.717) is 23.3 Å².